The summed E-state index contributed by atoms with van der Waals surface area (Å²) in [6, 6.07) is 3.39. The van der Waals surface area contributed by atoms with Crippen molar-refractivity contribution in [1.29, 1.82) is 0 Å². The SMILES string of the molecule is CNCC(O)c1cc(C)c(O)c(OC)c1. The van der Waals surface area contributed by atoms with E-state index in [1.165, 1.54) is 7.11 Å². The Morgan fingerprint density at radius 3 is 2.67 bits per heavy atom. The summed E-state index contributed by atoms with van der Waals surface area (Å²) in [5, 5.41) is 22.3. The molecule has 1 atom stereocenters. The smallest absolute Gasteiger partial charge is 0.161 e. The molecule has 1 rings (SSSR count). The number of aromatic hydroxyl groups is 1. The summed E-state index contributed by atoms with van der Waals surface area (Å²) in [5.41, 5.74) is 1.43. The van der Waals surface area contributed by atoms with E-state index in [1.54, 1.807) is 26.1 Å². The molecule has 0 aliphatic heterocycles. The molecule has 4 nitrogen and oxygen atoms in total. The monoisotopic (exact) mass is 211 g/mol. The topological polar surface area (TPSA) is 61.7 Å². The van der Waals surface area contributed by atoms with Crippen molar-refractivity contribution in [2.45, 2.75) is 13.0 Å². The molecule has 0 bridgehead atoms. The first-order valence-corrected chi connectivity index (χ1v) is 4.80. The molecule has 84 valence electrons. The second kappa shape index (κ2) is 5.00. The normalized spacial score (nSPS) is 12.5. The molecule has 0 heterocycles. The van der Waals surface area contributed by atoms with E-state index in [-0.39, 0.29) is 5.75 Å². The average molecular weight is 211 g/mol. The van der Waals surface area contributed by atoms with Gasteiger partial charge < -0.3 is 20.3 Å². The van der Waals surface area contributed by atoms with Crippen LogP contribution in [0.2, 0.25) is 0 Å². The highest BCUT2D eigenvalue weighted by atomic mass is 16.5. The maximum atomic E-state index is 9.76. The molecular weight excluding hydrogens is 194 g/mol. The maximum Gasteiger partial charge on any atom is 0.161 e. The molecule has 0 saturated carbocycles. The fourth-order valence-corrected chi connectivity index (χ4v) is 1.43. The molecule has 0 spiro atoms. The molecule has 0 fully saturated rings. The van der Waals surface area contributed by atoms with Gasteiger partial charge in [-0.3, -0.25) is 0 Å². The largest absolute Gasteiger partial charge is 0.504 e. The Morgan fingerprint density at radius 1 is 1.47 bits per heavy atom. The third-order valence-electron chi connectivity index (χ3n) is 2.29. The third kappa shape index (κ3) is 2.61. The molecule has 0 aromatic heterocycles. The van der Waals surface area contributed by atoms with Gasteiger partial charge in [-0.05, 0) is 37.2 Å². The zero-order valence-corrected chi connectivity index (χ0v) is 9.24. The zero-order chi connectivity index (χ0) is 11.4. The van der Waals surface area contributed by atoms with Crippen LogP contribution in [0.15, 0.2) is 12.1 Å². The van der Waals surface area contributed by atoms with Crippen molar-refractivity contribution in [2.24, 2.45) is 0 Å². The molecule has 3 N–H and O–H groups in total. The number of rotatable bonds is 4. The number of ether oxygens (including phenoxy) is 1. The number of aliphatic hydroxyl groups excluding tert-OH is 1. The molecule has 1 aromatic carbocycles. The zero-order valence-electron chi connectivity index (χ0n) is 9.24. The molecular formula is C11H17NO3. The lowest BCUT2D eigenvalue weighted by atomic mass is 10.0. The Balaban J connectivity index is 3.05. The Morgan fingerprint density at radius 2 is 2.13 bits per heavy atom. The van der Waals surface area contributed by atoms with Gasteiger partial charge in [0.1, 0.15) is 0 Å². The quantitative estimate of drug-likeness (QED) is 0.694. The number of hydrogen-bond donors (Lipinski definition) is 3. The maximum absolute atomic E-state index is 9.76. The van der Waals surface area contributed by atoms with Crippen LogP contribution in [0.3, 0.4) is 0 Å². The fraction of sp³-hybridized carbons (Fsp3) is 0.455. The van der Waals surface area contributed by atoms with Crippen molar-refractivity contribution >= 4 is 0 Å². The first kappa shape index (κ1) is 11.8. The van der Waals surface area contributed by atoms with E-state index < -0.39 is 6.10 Å². The number of phenols is 1. The van der Waals surface area contributed by atoms with Crippen molar-refractivity contribution < 1.29 is 14.9 Å². The summed E-state index contributed by atoms with van der Waals surface area (Å²) in [4.78, 5) is 0. The summed E-state index contributed by atoms with van der Waals surface area (Å²) in [6.07, 6.45) is -0.594. The third-order valence-corrected chi connectivity index (χ3v) is 2.29. The van der Waals surface area contributed by atoms with Crippen LogP contribution in [0.4, 0.5) is 0 Å². The molecule has 4 heteroatoms. The number of phenolic OH excluding ortho intramolecular Hbond substituents is 1. The minimum absolute atomic E-state index is 0.123. The summed E-state index contributed by atoms with van der Waals surface area (Å²) in [5.74, 6) is 0.512. The number of methoxy groups -OCH3 is 1. The molecule has 0 aliphatic rings. The minimum Gasteiger partial charge on any atom is -0.504 e. The Kier molecular flexibility index (Phi) is 3.94. The molecule has 0 aliphatic carbocycles. The van der Waals surface area contributed by atoms with E-state index in [0.717, 1.165) is 5.56 Å². The van der Waals surface area contributed by atoms with Crippen molar-refractivity contribution in [1.82, 2.24) is 5.32 Å². The van der Waals surface area contributed by atoms with Crippen LogP contribution in [0.25, 0.3) is 0 Å². The van der Waals surface area contributed by atoms with Gasteiger partial charge in [-0.1, -0.05) is 0 Å². The molecule has 15 heavy (non-hydrogen) atoms. The van der Waals surface area contributed by atoms with Crippen molar-refractivity contribution in [3.8, 4) is 11.5 Å². The number of aryl methyl sites for hydroxylation is 1. The second-order valence-electron chi connectivity index (χ2n) is 3.46. The van der Waals surface area contributed by atoms with Gasteiger partial charge in [0.2, 0.25) is 0 Å². The first-order valence-electron chi connectivity index (χ1n) is 4.80. The predicted molar refractivity (Wildman–Crippen MR) is 58.3 cm³/mol. The predicted octanol–water partition coefficient (Wildman–Crippen LogP) is 0.962. The van der Waals surface area contributed by atoms with E-state index >= 15 is 0 Å². The van der Waals surface area contributed by atoms with Crippen molar-refractivity contribution in [3.63, 3.8) is 0 Å². The van der Waals surface area contributed by atoms with Crippen molar-refractivity contribution in [2.75, 3.05) is 20.7 Å². The lowest BCUT2D eigenvalue weighted by molar-refractivity contribution is 0.177. The minimum atomic E-state index is -0.594. The molecule has 0 radical (unpaired) electrons. The summed E-state index contributed by atoms with van der Waals surface area (Å²) in [6.45, 7) is 2.24. The van der Waals surface area contributed by atoms with Crippen LogP contribution < -0.4 is 10.1 Å². The Hall–Kier alpha value is -1.26. The highest BCUT2D eigenvalue weighted by molar-refractivity contribution is 5.48. The van der Waals surface area contributed by atoms with E-state index in [1.807, 2.05) is 0 Å². The molecule has 1 aromatic rings. The molecule has 1 unspecified atom stereocenters. The van der Waals surface area contributed by atoms with Crippen LogP contribution in [-0.2, 0) is 0 Å². The van der Waals surface area contributed by atoms with Crippen LogP contribution in [0.5, 0.6) is 11.5 Å². The second-order valence-corrected chi connectivity index (χ2v) is 3.46. The van der Waals surface area contributed by atoms with Gasteiger partial charge in [0.15, 0.2) is 11.5 Å². The lowest BCUT2D eigenvalue weighted by Gasteiger charge is -2.14. The summed E-state index contributed by atoms with van der Waals surface area (Å²) < 4.78 is 5.01. The standard InChI is InChI=1S/C11H17NO3/c1-7-4-8(9(13)6-12-2)5-10(15-3)11(7)14/h4-5,9,12-14H,6H2,1-3H3. The van der Waals surface area contributed by atoms with Crippen LogP contribution in [0, 0.1) is 6.92 Å². The van der Waals surface area contributed by atoms with E-state index in [9.17, 15) is 10.2 Å². The molecule has 0 saturated heterocycles. The van der Waals surface area contributed by atoms with Crippen LogP contribution >= 0.6 is 0 Å². The Bertz CT molecular complexity index is 339. The number of hydrogen-bond acceptors (Lipinski definition) is 4. The van der Waals surface area contributed by atoms with Gasteiger partial charge in [-0.15, -0.1) is 0 Å². The van der Waals surface area contributed by atoms with E-state index in [2.05, 4.69) is 5.32 Å². The van der Waals surface area contributed by atoms with Gasteiger partial charge in [-0.2, -0.15) is 0 Å². The molecule has 0 amide bonds. The van der Waals surface area contributed by atoms with Gasteiger partial charge in [-0.25, -0.2) is 0 Å². The highest BCUT2D eigenvalue weighted by Crippen LogP contribution is 2.32. The van der Waals surface area contributed by atoms with Gasteiger partial charge >= 0.3 is 0 Å². The van der Waals surface area contributed by atoms with Gasteiger partial charge in [0, 0.05) is 6.54 Å². The summed E-state index contributed by atoms with van der Waals surface area (Å²) in [7, 11) is 3.26. The van der Waals surface area contributed by atoms with Gasteiger partial charge in [0.05, 0.1) is 13.2 Å². The van der Waals surface area contributed by atoms with Crippen LogP contribution in [-0.4, -0.2) is 30.9 Å². The number of likely N-dealkylation sites (N-methyl/N-ethyl adjacent to an activating group) is 1. The van der Waals surface area contributed by atoms with Crippen LogP contribution in [0.1, 0.15) is 17.2 Å². The fourth-order valence-electron chi connectivity index (χ4n) is 1.43. The van der Waals surface area contributed by atoms with Gasteiger partial charge in [0.25, 0.3) is 0 Å². The lowest BCUT2D eigenvalue weighted by Crippen LogP contribution is -2.16. The first-order chi connectivity index (χ1) is 7.10. The Labute approximate surface area is 89.5 Å². The number of nitrogens with one attached hydrogen (secondary N) is 1. The van der Waals surface area contributed by atoms with E-state index in [0.29, 0.717) is 17.9 Å². The number of aliphatic hydroxyl groups is 1. The highest BCUT2D eigenvalue weighted by Gasteiger charge is 2.12. The average Bonchev–Trinajstić information content (AvgIpc) is 2.22. The van der Waals surface area contributed by atoms with E-state index in [4.69, 9.17) is 4.74 Å². The number of benzene rings is 1. The summed E-state index contributed by atoms with van der Waals surface area (Å²) >= 11 is 0. The van der Waals surface area contributed by atoms with Crippen molar-refractivity contribution in [3.05, 3.63) is 23.3 Å².